The molecule has 10 heteroatoms. The van der Waals surface area contributed by atoms with E-state index in [9.17, 15) is 14.4 Å². The van der Waals surface area contributed by atoms with E-state index in [1.807, 2.05) is 32.0 Å². The topological polar surface area (TPSA) is 112 Å². The van der Waals surface area contributed by atoms with Gasteiger partial charge in [0, 0.05) is 32.4 Å². The largest absolute Gasteiger partial charge is 0.415 e. The molecule has 0 unspecified atom stereocenters. The number of fused-ring (bicyclic) bond motifs is 1. The maximum Gasteiger partial charge on any atom is 0.415 e. The number of likely N-dealkylation sites (tertiary alicyclic amines) is 1. The highest BCUT2D eigenvalue weighted by molar-refractivity contribution is 5.97. The lowest BCUT2D eigenvalue weighted by atomic mass is 9.97. The van der Waals surface area contributed by atoms with Gasteiger partial charge in [0.15, 0.2) is 0 Å². The first-order chi connectivity index (χ1) is 16.4. The van der Waals surface area contributed by atoms with Gasteiger partial charge in [0.2, 0.25) is 5.88 Å². The fourth-order valence-corrected chi connectivity index (χ4v) is 3.77. The van der Waals surface area contributed by atoms with Crippen molar-refractivity contribution >= 4 is 28.9 Å². The summed E-state index contributed by atoms with van der Waals surface area (Å²) in [6.07, 6.45) is 2.86. The Labute approximate surface area is 198 Å². The van der Waals surface area contributed by atoms with Crippen molar-refractivity contribution < 1.29 is 28.6 Å². The van der Waals surface area contributed by atoms with Crippen LogP contribution in [0.4, 0.5) is 4.79 Å². The molecule has 1 aliphatic heterocycles. The second kappa shape index (κ2) is 12.3. The zero-order valence-electron chi connectivity index (χ0n) is 19.9. The molecular weight excluding hydrogens is 440 g/mol. The van der Waals surface area contributed by atoms with Crippen LogP contribution in [0.1, 0.15) is 32.7 Å². The highest BCUT2D eigenvalue weighted by Crippen LogP contribution is 2.28. The number of aromatic nitrogens is 2. The molecule has 0 spiro atoms. The van der Waals surface area contributed by atoms with Crippen LogP contribution in [-0.2, 0) is 19.1 Å². The molecule has 1 aromatic carbocycles. The number of carbonyl (C=O) groups excluding carboxylic acids is 3. The van der Waals surface area contributed by atoms with E-state index in [0.29, 0.717) is 35.9 Å². The van der Waals surface area contributed by atoms with Crippen LogP contribution in [0, 0.1) is 5.92 Å². The summed E-state index contributed by atoms with van der Waals surface area (Å²) in [4.78, 5) is 38.5. The molecule has 0 atom stereocenters. The minimum absolute atomic E-state index is 0.0366. The zero-order valence-corrected chi connectivity index (χ0v) is 19.9. The standard InChI is InChI=1S/C24H32N4O6/c1-17(2)28-23(19-6-4-5-7-20(19)26-28)33-21(29)8-9-22(30)34-24(31)25-16-18-10-12-27(13-11-18)14-15-32-3/h4-9,17-18H,10-16H2,1-3H3,(H,25,31)/b9-8+. The smallest absolute Gasteiger partial charge is 0.404 e. The number of rotatable bonds is 9. The number of nitrogens with zero attached hydrogens (tertiary/aromatic N) is 3. The Kier molecular flexibility index (Phi) is 9.17. The molecule has 1 amide bonds. The van der Waals surface area contributed by atoms with Crippen molar-refractivity contribution in [3.8, 4) is 5.88 Å². The van der Waals surface area contributed by atoms with Gasteiger partial charge in [-0.2, -0.15) is 5.10 Å². The monoisotopic (exact) mass is 472 g/mol. The third kappa shape index (κ3) is 7.13. The molecule has 1 saturated heterocycles. The van der Waals surface area contributed by atoms with E-state index in [2.05, 4.69) is 15.3 Å². The highest BCUT2D eigenvalue weighted by atomic mass is 16.6. The molecule has 1 aliphatic rings. The molecule has 1 N–H and O–H groups in total. The van der Waals surface area contributed by atoms with Crippen LogP contribution in [0.5, 0.6) is 5.88 Å². The molecule has 0 aliphatic carbocycles. The summed E-state index contributed by atoms with van der Waals surface area (Å²) in [5, 5.41) is 7.74. The number of esters is 2. The van der Waals surface area contributed by atoms with E-state index >= 15 is 0 Å². The second-order valence-corrected chi connectivity index (χ2v) is 8.48. The number of benzene rings is 1. The van der Waals surface area contributed by atoms with E-state index in [-0.39, 0.29) is 6.04 Å². The number of amides is 1. The first-order valence-corrected chi connectivity index (χ1v) is 11.5. The molecule has 10 nitrogen and oxygen atoms in total. The lowest BCUT2D eigenvalue weighted by molar-refractivity contribution is -0.133. The zero-order chi connectivity index (χ0) is 24.5. The highest BCUT2D eigenvalue weighted by Gasteiger charge is 2.20. The molecule has 2 aromatic rings. The van der Waals surface area contributed by atoms with Crippen molar-refractivity contribution in [2.45, 2.75) is 32.7 Å². The van der Waals surface area contributed by atoms with Gasteiger partial charge >= 0.3 is 18.0 Å². The molecule has 0 bridgehead atoms. The summed E-state index contributed by atoms with van der Waals surface area (Å²) in [5.74, 6) is -1.11. The summed E-state index contributed by atoms with van der Waals surface area (Å²) in [6.45, 7) is 7.76. The molecular formula is C24H32N4O6. The quantitative estimate of drug-likeness (QED) is 0.337. The van der Waals surface area contributed by atoms with Crippen molar-refractivity contribution in [1.82, 2.24) is 20.0 Å². The summed E-state index contributed by atoms with van der Waals surface area (Å²) in [6, 6.07) is 7.25. The lowest BCUT2D eigenvalue weighted by Gasteiger charge is -2.31. The summed E-state index contributed by atoms with van der Waals surface area (Å²) >= 11 is 0. The first-order valence-electron chi connectivity index (χ1n) is 11.5. The van der Waals surface area contributed by atoms with E-state index in [4.69, 9.17) is 14.2 Å². The number of piperidine rings is 1. The van der Waals surface area contributed by atoms with Crippen molar-refractivity contribution in [1.29, 1.82) is 0 Å². The Balaban J connectivity index is 1.43. The van der Waals surface area contributed by atoms with E-state index in [0.717, 1.165) is 44.6 Å². The average molecular weight is 473 g/mol. The number of ether oxygens (including phenoxy) is 3. The normalized spacial score (nSPS) is 15.2. The van der Waals surface area contributed by atoms with Gasteiger partial charge in [-0.3, -0.25) is 0 Å². The minimum Gasteiger partial charge on any atom is -0.404 e. The maximum atomic E-state index is 12.3. The van der Waals surface area contributed by atoms with E-state index in [1.54, 1.807) is 17.9 Å². The number of hydrogen-bond acceptors (Lipinski definition) is 8. The van der Waals surface area contributed by atoms with Gasteiger partial charge in [-0.05, 0) is 57.8 Å². The van der Waals surface area contributed by atoms with Gasteiger partial charge < -0.3 is 24.4 Å². The van der Waals surface area contributed by atoms with Gasteiger partial charge in [-0.15, -0.1) is 0 Å². The van der Waals surface area contributed by atoms with Gasteiger partial charge in [0.25, 0.3) is 0 Å². The van der Waals surface area contributed by atoms with Crippen LogP contribution >= 0.6 is 0 Å². The molecule has 1 aromatic heterocycles. The van der Waals surface area contributed by atoms with Crippen molar-refractivity contribution in [3.05, 3.63) is 36.4 Å². The summed E-state index contributed by atoms with van der Waals surface area (Å²) in [5.41, 5.74) is 0.694. The molecule has 1 fully saturated rings. The minimum atomic E-state index is -0.953. The van der Waals surface area contributed by atoms with Crippen molar-refractivity contribution in [2.75, 3.05) is 39.9 Å². The van der Waals surface area contributed by atoms with E-state index in [1.165, 1.54) is 0 Å². The van der Waals surface area contributed by atoms with Gasteiger partial charge in [0.05, 0.1) is 23.6 Å². The second-order valence-electron chi connectivity index (χ2n) is 8.48. The Morgan fingerprint density at radius 1 is 1.15 bits per heavy atom. The van der Waals surface area contributed by atoms with Gasteiger partial charge in [-0.25, -0.2) is 19.1 Å². The van der Waals surface area contributed by atoms with Crippen molar-refractivity contribution in [3.63, 3.8) is 0 Å². The molecule has 3 rings (SSSR count). The van der Waals surface area contributed by atoms with Gasteiger partial charge in [0.1, 0.15) is 0 Å². The number of carbonyl (C=O) groups is 3. The molecule has 2 heterocycles. The predicted molar refractivity (Wildman–Crippen MR) is 125 cm³/mol. The first kappa shape index (κ1) is 25.4. The molecule has 184 valence electrons. The van der Waals surface area contributed by atoms with Crippen molar-refractivity contribution in [2.24, 2.45) is 5.92 Å². The van der Waals surface area contributed by atoms with E-state index < -0.39 is 18.0 Å². The van der Waals surface area contributed by atoms with Crippen LogP contribution in [0.15, 0.2) is 36.4 Å². The number of hydrogen-bond donors (Lipinski definition) is 1. The van der Waals surface area contributed by atoms with Crippen LogP contribution in [0.2, 0.25) is 0 Å². The summed E-state index contributed by atoms with van der Waals surface area (Å²) in [7, 11) is 1.69. The Bertz CT molecular complexity index is 1020. The SMILES string of the molecule is COCCN1CCC(CNC(=O)OC(=O)/C=C/C(=O)Oc2c3ccccc3nn2C(C)C)CC1. The third-order valence-corrected chi connectivity index (χ3v) is 5.65. The maximum absolute atomic E-state index is 12.3. The Morgan fingerprint density at radius 3 is 2.56 bits per heavy atom. The average Bonchev–Trinajstić information content (AvgIpc) is 3.19. The van der Waals surface area contributed by atoms with Crippen LogP contribution in [0.3, 0.4) is 0 Å². The Morgan fingerprint density at radius 2 is 1.85 bits per heavy atom. The Hall–Kier alpha value is -3.24. The van der Waals surface area contributed by atoms with Crippen LogP contribution in [0.25, 0.3) is 10.9 Å². The molecule has 34 heavy (non-hydrogen) atoms. The number of alkyl carbamates (subject to hydrolysis) is 1. The van der Waals surface area contributed by atoms with Crippen LogP contribution < -0.4 is 10.1 Å². The molecule has 0 saturated carbocycles. The van der Waals surface area contributed by atoms with Gasteiger partial charge in [-0.1, -0.05) is 12.1 Å². The number of methoxy groups -OCH3 is 1. The fraction of sp³-hybridized carbons (Fsp3) is 0.500. The van der Waals surface area contributed by atoms with Crippen LogP contribution in [-0.4, -0.2) is 72.6 Å². The predicted octanol–water partition coefficient (Wildman–Crippen LogP) is 2.69. The molecule has 0 radical (unpaired) electrons. The third-order valence-electron chi connectivity index (χ3n) is 5.65. The lowest BCUT2D eigenvalue weighted by Crippen LogP contribution is -2.40. The fourth-order valence-electron chi connectivity index (χ4n) is 3.77. The number of nitrogens with one attached hydrogen (secondary N) is 1. The summed E-state index contributed by atoms with van der Waals surface area (Å²) < 4.78 is 16.8.